The summed E-state index contributed by atoms with van der Waals surface area (Å²) in [5, 5.41) is 9.03. The van der Waals surface area contributed by atoms with Crippen LogP contribution in [0, 0.1) is 17.4 Å². The Morgan fingerprint density at radius 3 is 2.75 bits per heavy atom. The topological polar surface area (TPSA) is 23.8 Å². The first kappa shape index (κ1) is 7.36. The van der Waals surface area contributed by atoms with Crippen molar-refractivity contribution in [3.05, 3.63) is 35.9 Å². The van der Waals surface area contributed by atoms with Gasteiger partial charge in [0.15, 0.2) is 0 Å². The van der Waals surface area contributed by atoms with Gasteiger partial charge in [-0.15, -0.1) is 0 Å². The third-order valence-corrected chi connectivity index (χ3v) is 2.68. The largest absolute Gasteiger partial charge is 0.197 e. The van der Waals surface area contributed by atoms with Crippen LogP contribution in [0.25, 0.3) is 0 Å². The lowest BCUT2D eigenvalue weighted by Gasteiger charge is -2.35. The maximum Gasteiger partial charge on any atom is 0.0822 e. The highest BCUT2D eigenvalue weighted by Crippen LogP contribution is 2.42. The van der Waals surface area contributed by atoms with Crippen molar-refractivity contribution >= 4 is 0 Å². The molecule has 1 aliphatic rings. The standard InChI is InChI=1S/C11H10N/c12-9-11(7-4-8-11)10-5-2-1-3-6-10/h1-2,5-6H,4,7-8H2. The second kappa shape index (κ2) is 2.64. The average molecular weight is 156 g/mol. The van der Waals surface area contributed by atoms with Gasteiger partial charge in [0.25, 0.3) is 0 Å². The van der Waals surface area contributed by atoms with Gasteiger partial charge in [-0.25, -0.2) is 0 Å². The molecule has 0 unspecified atom stereocenters. The molecule has 0 N–H and O–H groups in total. The van der Waals surface area contributed by atoms with Crippen molar-refractivity contribution in [3.8, 4) is 6.07 Å². The Balaban J connectivity index is 2.36. The first-order chi connectivity index (χ1) is 5.87. The summed E-state index contributed by atoms with van der Waals surface area (Å²) < 4.78 is 0. The predicted molar refractivity (Wildman–Crippen MR) is 46.4 cm³/mol. The van der Waals surface area contributed by atoms with E-state index in [1.165, 1.54) is 6.42 Å². The molecule has 0 atom stereocenters. The van der Waals surface area contributed by atoms with E-state index in [9.17, 15) is 0 Å². The van der Waals surface area contributed by atoms with Crippen LogP contribution in [0.4, 0.5) is 0 Å². The lowest BCUT2D eigenvalue weighted by atomic mass is 9.66. The zero-order chi connectivity index (χ0) is 8.44. The number of nitrogens with zero attached hydrogens (tertiary/aromatic N) is 1. The summed E-state index contributed by atoms with van der Waals surface area (Å²) in [5.74, 6) is 0. The monoisotopic (exact) mass is 156 g/mol. The number of hydrogen-bond acceptors (Lipinski definition) is 1. The van der Waals surface area contributed by atoms with Gasteiger partial charge in [0.2, 0.25) is 0 Å². The van der Waals surface area contributed by atoms with Gasteiger partial charge in [0.05, 0.1) is 11.5 Å². The Bertz CT molecular complexity index is 304. The van der Waals surface area contributed by atoms with Crippen LogP contribution >= 0.6 is 0 Å². The van der Waals surface area contributed by atoms with Crippen LogP contribution in [-0.2, 0) is 5.41 Å². The molecule has 0 saturated heterocycles. The zero-order valence-electron chi connectivity index (χ0n) is 6.88. The third-order valence-electron chi connectivity index (χ3n) is 2.68. The molecule has 1 heteroatoms. The minimum Gasteiger partial charge on any atom is -0.197 e. The summed E-state index contributed by atoms with van der Waals surface area (Å²) in [6.07, 6.45) is 3.21. The van der Waals surface area contributed by atoms with E-state index in [1.54, 1.807) is 0 Å². The van der Waals surface area contributed by atoms with Gasteiger partial charge in [0.1, 0.15) is 0 Å². The first-order valence-electron chi connectivity index (χ1n) is 4.25. The summed E-state index contributed by atoms with van der Waals surface area (Å²) in [6.45, 7) is 0. The van der Waals surface area contributed by atoms with Crippen molar-refractivity contribution in [2.45, 2.75) is 24.7 Å². The predicted octanol–water partition coefficient (Wildman–Crippen LogP) is 2.43. The molecule has 2 rings (SSSR count). The van der Waals surface area contributed by atoms with E-state index < -0.39 is 0 Å². The lowest BCUT2D eigenvalue weighted by Crippen LogP contribution is -2.32. The molecular weight excluding hydrogens is 146 g/mol. The highest BCUT2D eigenvalue weighted by Gasteiger charge is 2.38. The molecule has 1 fully saturated rings. The fraction of sp³-hybridized carbons (Fsp3) is 0.364. The fourth-order valence-electron chi connectivity index (χ4n) is 1.69. The molecule has 1 aliphatic carbocycles. The van der Waals surface area contributed by atoms with E-state index in [2.05, 4.69) is 12.1 Å². The van der Waals surface area contributed by atoms with E-state index in [-0.39, 0.29) is 5.41 Å². The van der Waals surface area contributed by atoms with Crippen molar-refractivity contribution in [2.24, 2.45) is 0 Å². The van der Waals surface area contributed by atoms with Crippen LogP contribution in [0.3, 0.4) is 0 Å². The highest BCUT2D eigenvalue weighted by atomic mass is 14.4. The van der Waals surface area contributed by atoms with Crippen LogP contribution in [0.5, 0.6) is 0 Å². The third kappa shape index (κ3) is 0.921. The smallest absolute Gasteiger partial charge is 0.0822 e. The number of hydrogen-bond donors (Lipinski definition) is 0. The van der Waals surface area contributed by atoms with Crippen LogP contribution in [0.1, 0.15) is 24.8 Å². The molecule has 1 aromatic rings. The maximum atomic E-state index is 9.03. The Labute approximate surface area is 72.6 Å². The van der Waals surface area contributed by atoms with E-state index in [4.69, 9.17) is 5.26 Å². The summed E-state index contributed by atoms with van der Waals surface area (Å²) in [5.41, 5.74) is 0.969. The molecule has 1 nitrogen and oxygen atoms in total. The van der Waals surface area contributed by atoms with Gasteiger partial charge in [-0.3, -0.25) is 0 Å². The van der Waals surface area contributed by atoms with Crippen LogP contribution in [0.2, 0.25) is 0 Å². The fourth-order valence-corrected chi connectivity index (χ4v) is 1.69. The van der Waals surface area contributed by atoms with E-state index >= 15 is 0 Å². The molecular formula is C11H10N. The van der Waals surface area contributed by atoms with Gasteiger partial charge in [0, 0.05) is 0 Å². The molecule has 0 amide bonds. The average Bonchev–Trinajstić information content (AvgIpc) is 2.05. The van der Waals surface area contributed by atoms with E-state index in [0.29, 0.717) is 0 Å². The van der Waals surface area contributed by atoms with Crippen molar-refractivity contribution in [3.63, 3.8) is 0 Å². The molecule has 0 aliphatic heterocycles. The zero-order valence-corrected chi connectivity index (χ0v) is 6.88. The van der Waals surface area contributed by atoms with Crippen LogP contribution < -0.4 is 0 Å². The van der Waals surface area contributed by atoms with Crippen LogP contribution in [0.15, 0.2) is 24.3 Å². The summed E-state index contributed by atoms with van der Waals surface area (Å²) in [7, 11) is 0. The Morgan fingerprint density at radius 1 is 1.50 bits per heavy atom. The summed E-state index contributed by atoms with van der Waals surface area (Å²) in [4.78, 5) is 0. The lowest BCUT2D eigenvalue weighted by molar-refractivity contribution is 0.324. The summed E-state index contributed by atoms with van der Waals surface area (Å²) >= 11 is 0. The van der Waals surface area contributed by atoms with Gasteiger partial charge >= 0.3 is 0 Å². The second-order valence-corrected chi connectivity index (χ2v) is 3.34. The van der Waals surface area contributed by atoms with Gasteiger partial charge in [-0.2, -0.15) is 5.26 Å². The van der Waals surface area contributed by atoms with Crippen molar-refractivity contribution in [2.75, 3.05) is 0 Å². The second-order valence-electron chi connectivity index (χ2n) is 3.34. The minimum atomic E-state index is -0.169. The van der Waals surface area contributed by atoms with Gasteiger partial charge < -0.3 is 0 Å². The van der Waals surface area contributed by atoms with Crippen molar-refractivity contribution in [1.29, 1.82) is 5.26 Å². The molecule has 0 bridgehead atoms. The van der Waals surface area contributed by atoms with Gasteiger partial charge in [-0.05, 0) is 37.0 Å². The Morgan fingerprint density at radius 2 is 2.33 bits per heavy atom. The molecule has 0 heterocycles. The van der Waals surface area contributed by atoms with Gasteiger partial charge in [-0.1, -0.05) is 18.2 Å². The Hall–Kier alpha value is -1.29. The highest BCUT2D eigenvalue weighted by molar-refractivity contribution is 5.34. The molecule has 0 spiro atoms. The molecule has 0 aromatic heterocycles. The summed E-state index contributed by atoms with van der Waals surface area (Å²) in [6, 6.07) is 13.2. The van der Waals surface area contributed by atoms with E-state index in [1.807, 2.05) is 24.3 Å². The first-order valence-corrected chi connectivity index (χ1v) is 4.25. The van der Waals surface area contributed by atoms with Crippen molar-refractivity contribution in [1.82, 2.24) is 0 Å². The molecule has 1 aromatic carbocycles. The van der Waals surface area contributed by atoms with E-state index in [0.717, 1.165) is 18.4 Å². The Kier molecular flexibility index (Phi) is 1.62. The molecule has 1 radical (unpaired) electrons. The number of benzene rings is 1. The maximum absolute atomic E-state index is 9.03. The molecule has 12 heavy (non-hydrogen) atoms. The number of nitriles is 1. The van der Waals surface area contributed by atoms with Crippen LogP contribution in [-0.4, -0.2) is 0 Å². The molecule has 59 valence electrons. The SMILES string of the molecule is N#CC1(c2c[c]ccc2)CCC1. The normalized spacial score (nSPS) is 19.2. The van der Waals surface area contributed by atoms with Crippen molar-refractivity contribution < 1.29 is 0 Å². The quantitative estimate of drug-likeness (QED) is 0.612. The minimum absolute atomic E-state index is 0.169. The molecule has 1 saturated carbocycles. The number of rotatable bonds is 1.